The van der Waals surface area contributed by atoms with E-state index in [4.69, 9.17) is 9.47 Å². The summed E-state index contributed by atoms with van der Waals surface area (Å²) in [4.78, 5) is 12.3. The van der Waals surface area contributed by atoms with Crippen molar-refractivity contribution in [3.63, 3.8) is 0 Å². The molecule has 0 spiro atoms. The summed E-state index contributed by atoms with van der Waals surface area (Å²) >= 11 is 3.35. The van der Waals surface area contributed by atoms with Crippen molar-refractivity contribution in [3.05, 3.63) is 46.4 Å². The van der Waals surface area contributed by atoms with E-state index in [0.717, 1.165) is 0 Å². The van der Waals surface area contributed by atoms with Gasteiger partial charge in [0.2, 0.25) is 0 Å². The molecule has 0 atom stereocenters. The number of methoxy groups -OCH3 is 2. The SMILES string of the molecule is COc1ccc(Br)c(NC(=O)c2cc(OC)ccc2O)c1. The lowest BCUT2D eigenvalue weighted by Gasteiger charge is -2.11. The second-order valence-electron chi connectivity index (χ2n) is 4.18. The van der Waals surface area contributed by atoms with Crippen LogP contribution in [0.3, 0.4) is 0 Å². The number of rotatable bonds is 4. The Morgan fingerprint density at radius 1 is 1.10 bits per heavy atom. The fourth-order valence-electron chi connectivity index (χ4n) is 1.74. The summed E-state index contributed by atoms with van der Waals surface area (Å²) in [6.07, 6.45) is 0. The zero-order valence-electron chi connectivity index (χ0n) is 11.5. The molecule has 0 aliphatic carbocycles. The third kappa shape index (κ3) is 3.46. The Morgan fingerprint density at radius 3 is 2.38 bits per heavy atom. The lowest BCUT2D eigenvalue weighted by molar-refractivity contribution is 0.102. The number of hydrogen-bond donors (Lipinski definition) is 2. The number of carbonyl (C=O) groups is 1. The number of aromatic hydroxyl groups is 1. The fourth-order valence-corrected chi connectivity index (χ4v) is 2.09. The fraction of sp³-hybridized carbons (Fsp3) is 0.133. The van der Waals surface area contributed by atoms with Gasteiger partial charge >= 0.3 is 0 Å². The van der Waals surface area contributed by atoms with Gasteiger partial charge in [-0.15, -0.1) is 0 Å². The van der Waals surface area contributed by atoms with E-state index in [1.807, 2.05) is 0 Å². The number of carbonyl (C=O) groups excluding carboxylic acids is 1. The van der Waals surface area contributed by atoms with Crippen molar-refractivity contribution < 1.29 is 19.4 Å². The van der Waals surface area contributed by atoms with Crippen LogP contribution in [0.15, 0.2) is 40.9 Å². The van der Waals surface area contributed by atoms with E-state index >= 15 is 0 Å². The molecule has 0 aromatic heterocycles. The van der Waals surface area contributed by atoms with Crippen molar-refractivity contribution in [1.29, 1.82) is 0 Å². The molecule has 2 aromatic carbocycles. The molecule has 0 aliphatic heterocycles. The molecular formula is C15H14BrNO4. The number of ether oxygens (including phenoxy) is 2. The first-order valence-electron chi connectivity index (χ1n) is 6.07. The molecule has 1 amide bonds. The summed E-state index contributed by atoms with van der Waals surface area (Å²) in [5.74, 6) is 0.540. The molecule has 2 N–H and O–H groups in total. The number of anilines is 1. The van der Waals surface area contributed by atoms with Crippen molar-refractivity contribution >= 4 is 27.5 Å². The first kappa shape index (κ1) is 15.2. The minimum Gasteiger partial charge on any atom is -0.507 e. The number of phenolic OH excluding ortho intramolecular Hbond substituents is 1. The molecule has 0 bridgehead atoms. The van der Waals surface area contributed by atoms with Crippen LogP contribution < -0.4 is 14.8 Å². The molecule has 2 rings (SSSR count). The van der Waals surface area contributed by atoms with Crippen LogP contribution in [-0.4, -0.2) is 25.2 Å². The largest absolute Gasteiger partial charge is 0.507 e. The van der Waals surface area contributed by atoms with Gasteiger partial charge in [0.1, 0.15) is 17.2 Å². The molecule has 6 heteroatoms. The highest BCUT2D eigenvalue weighted by atomic mass is 79.9. The lowest BCUT2D eigenvalue weighted by Crippen LogP contribution is -2.12. The molecule has 110 valence electrons. The van der Waals surface area contributed by atoms with Crippen LogP contribution in [0.25, 0.3) is 0 Å². The summed E-state index contributed by atoms with van der Waals surface area (Å²) < 4.78 is 10.9. The van der Waals surface area contributed by atoms with Gasteiger partial charge < -0.3 is 19.9 Å². The van der Waals surface area contributed by atoms with E-state index < -0.39 is 5.91 Å². The van der Waals surface area contributed by atoms with E-state index in [0.29, 0.717) is 21.7 Å². The van der Waals surface area contributed by atoms with E-state index in [9.17, 15) is 9.90 Å². The second-order valence-corrected chi connectivity index (χ2v) is 5.04. The maximum atomic E-state index is 12.3. The smallest absolute Gasteiger partial charge is 0.259 e. The summed E-state index contributed by atoms with van der Waals surface area (Å²) in [5, 5.41) is 12.5. The Balaban J connectivity index is 2.29. The maximum absolute atomic E-state index is 12.3. The van der Waals surface area contributed by atoms with Crippen LogP contribution >= 0.6 is 15.9 Å². The maximum Gasteiger partial charge on any atom is 0.259 e. The molecule has 0 saturated heterocycles. The molecule has 0 radical (unpaired) electrons. The zero-order valence-corrected chi connectivity index (χ0v) is 13.1. The summed E-state index contributed by atoms with van der Waals surface area (Å²) in [7, 11) is 3.04. The molecule has 0 unspecified atom stereocenters. The van der Waals surface area contributed by atoms with Crippen molar-refractivity contribution in [2.75, 3.05) is 19.5 Å². The van der Waals surface area contributed by atoms with Gasteiger partial charge in [-0.05, 0) is 46.3 Å². The van der Waals surface area contributed by atoms with E-state index in [2.05, 4.69) is 21.2 Å². The van der Waals surface area contributed by atoms with Gasteiger partial charge in [-0.2, -0.15) is 0 Å². The summed E-state index contributed by atoms with van der Waals surface area (Å²) in [5.41, 5.74) is 0.672. The molecule has 0 aliphatic rings. The molecule has 21 heavy (non-hydrogen) atoms. The minimum atomic E-state index is -0.444. The quantitative estimate of drug-likeness (QED) is 0.885. The van der Waals surface area contributed by atoms with Gasteiger partial charge in [-0.1, -0.05) is 0 Å². The molecule has 5 nitrogen and oxygen atoms in total. The average Bonchev–Trinajstić information content (AvgIpc) is 2.49. The van der Waals surface area contributed by atoms with Gasteiger partial charge in [-0.3, -0.25) is 4.79 Å². The lowest BCUT2D eigenvalue weighted by atomic mass is 10.1. The van der Waals surface area contributed by atoms with E-state index in [1.54, 1.807) is 31.4 Å². The van der Waals surface area contributed by atoms with Crippen molar-refractivity contribution in [2.45, 2.75) is 0 Å². The molecule has 0 saturated carbocycles. The highest BCUT2D eigenvalue weighted by Gasteiger charge is 2.14. The Morgan fingerprint density at radius 2 is 1.71 bits per heavy atom. The number of amides is 1. The number of hydrogen-bond acceptors (Lipinski definition) is 4. The molecule has 0 heterocycles. The van der Waals surface area contributed by atoms with Crippen molar-refractivity contribution in [2.24, 2.45) is 0 Å². The summed E-state index contributed by atoms with van der Waals surface area (Å²) in [6, 6.07) is 9.67. The molecular weight excluding hydrogens is 338 g/mol. The highest BCUT2D eigenvalue weighted by Crippen LogP contribution is 2.29. The van der Waals surface area contributed by atoms with Crippen LogP contribution in [0, 0.1) is 0 Å². The third-order valence-electron chi connectivity index (χ3n) is 2.87. The van der Waals surface area contributed by atoms with Gasteiger partial charge in [-0.25, -0.2) is 0 Å². The van der Waals surface area contributed by atoms with Gasteiger partial charge in [0.15, 0.2) is 0 Å². The topological polar surface area (TPSA) is 67.8 Å². The Bertz CT molecular complexity index is 673. The Labute approximate surface area is 130 Å². The van der Waals surface area contributed by atoms with Crippen LogP contribution in [-0.2, 0) is 0 Å². The monoisotopic (exact) mass is 351 g/mol. The van der Waals surface area contributed by atoms with Crippen molar-refractivity contribution in [1.82, 2.24) is 0 Å². The second kappa shape index (κ2) is 6.49. The Kier molecular flexibility index (Phi) is 4.70. The minimum absolute atomic E-state index is 0.118. The predicted octanol–water partition coefficient (Wildman–Crippen LogP) is 3.42. The van der Waals surface area contributed by atoms with E-state index in [1.165, 1.54) is 19.2 Å². The number of phenols is 1. The first-order chi connectivity index (χ1) is 10.0. The summed E-state index contributed by atoms with van der Waals surface area (Å²) in [6.45, 7) is 0. The van der Waals surface area contributed by atoms with Crippen LogP contribution in [0.1, 0.15) is 10.4 Å². The number of benzene rings is 2. The Hall–Kier alpha value is -2.21. The first-order valence-corrected chi connectivity index (χ1v) is 6.86. The third-order valence-corrected chi connectivity index (χ3v) is 3.56. The predicted molar refractivity (Wildman–Crippen MR) is 83.3 cm³/mol. The van der Waals surface area contributed by atoms with Gasteiger partial charge in [0, 0.05) is 10.5 Å². The van der Waals surface area contributed by atoms with Crippen molar-refractivity contribution in [3.8, 4) is 17.2 Å². The zero-order chi connectivity index (χ0) is 15.4. The normalized spacial score (nSPS) is 10.0. The molecule has 0 fully saturated rings. The van der Waals surface area contributed by atoms with Crippen LogP contribution in [0.2, 0.25) is 0 Å². The number of halogens is 1. The van der Waals surface area contributed by atoms with Crippen LogP contribution in [0.5, 0.6) is 17.2 Å². The van der Waals surface area contributed by atoms with Gasteiger partial charge in [0.05, 0.1) is 25.5 Å². The molecule has 2 aromatic rings. The highest BCUT2D eigenvalue weighted by molar-refractivity contribution is 9.10. The van der Waals surface area contributed by atoms with E-state index in [-0.39, 0.29) is 11.3 Å². The average molecular weight is 352 g/mol. The standard InChI is InChI=1S/C15H14BrNO4/c1-20-9-4-6-14(18)11(7-9)15(19)17-13-8-10(21-2)3-5-12(13)16/h3-8,18H,1-2H3,(H,17,19). The van der Waals surface area contributed by atoms with Gasteiger partial charge in [0.25, 0.3) is 5.91 Å². The number of nitrogens with one attached hydrogen (secondary N) is 1. The van der Waals surface area contributed by atoms with Crippen LogP contribution in [0.4, 0.5) is 5.69 Å².